The SMILES string of the molecule is c1ccc(C2CCCCC2)cc1.c1ccc(C2CCCCC2)cc1.c1ccc(C2CCCCC2)cc1. The van der Waals surface area contributed by atoms with E-state index in [0.29, 0.717) is 0 Å². The summed E-state index contributed by atoms with van der Waals surface area (Å²) in [6, 6.07) is 32.9. The summed E-state index contributed by atoms with van der Waals surface area (Å²) in [6.45, 7) is 0. The Kier molecular flexibility index (Phi) is 11.7. The zero-order valence-electron chi connectivity index (χ0n) is 22.5. The quantitative estimate of drug-likeness (QED) is 0.349. The van der Waals surface area contributed by atoms with Gasteiger partial charge in [-0.05, 0) is 73.0 Å². The summed E-state index contributed by atoms with van der Waals surface area (Å²) >= 11 is 0. The minimum Gasteiger partial charge on any atom is -0.0622 e. The summed E-state index contributed by atoms with van der Waals surface area (Å²) < 4.78 is 0. The molecule has 0 aliphatic heterocycles. The lowest BCUT2D eigenvalue weighted by Gasteiger charge is -2.21. The molecule has 36 heavy (non-hydrogen) atoms. The van der Waals surface area contributed by atoms with E-state index in [1.54, 1.807) is 16.7 Å². The molecule has 0 atom stereocenters. The van der Waals surface area contributed by atoms with Crippen LogP contribution in [-0.2, 0) is 0 Å². The first-order valence-electron chi connectivity index (χ1n) is 15.0. The zero-order chi connectivity index (χ0) is 24.7. The van der Waals surface area contributed by atoms with E-state index in [9.17, 15) is 0 Å². The van der Waals surface area contributed by atoms with Crippen molar-refractivity contribution in [3.63, 3.8) is 0 Å². The second-order valence-corrected chi connectivity index (χ2v) is 11.2. The van der Waals surface area contributed by atoms with Gasteiger partial charge in [-0.15, -0.1) is 0 Å². The van der Waals surface area contributed by atoms with Gasteiger partial charge in [-0.25, -0.2) is 0 Å². The van der Waals surface area contributed by atoms with E-state index < -0.39 is 0 Å². The second-order valence-electron chi connectivity index (χ2n) is 11.2. The molecule has 0 saturated heterocycles. The van der Waals surface area contributed by atoms with Gasteiger partial charge in [0.05, 0.1) is 0 Å². The molecule has 0 heterocycles. The van der Waals surface area contributed by atoms with Crippen molar-refractivity contribution < 1.29 is 0 Å². The van der Waals surface area contributed by atoms with Crippen molar-refractivity contribution in [2.45, 2.75) is 114 Å². The van der Waals surface area contributed by atoms with Crippen LogP contribution in [-0.4, -0.2) is 0 Å². The van der Waals surface area contributed by atoms with Crippen molar-refractivity contribution in [3.05, 3.63) is 108 Å². The van der Waals surface area contributed by atoms with E-state index in [1.165, 1.54) is 96.3 Å². The first kappa shape index (κ1) is 26.7. The molecular formula is C36H48. The molecule has 0 bridgehead atoms. The minimum absolute atomic E-state index is 0.861. The Morgan fingerprint density at radius 1 is 0.278 bits per heavy atom. The smallest absolute Gasteiger partial charge is 0.0162 e. The summed E-state index contributed by atoms with van der Waals surface area (Å²) in [4.78, 5) is 0. The van der Waals surface area contributed by atoms with Gasteiger partial charge in [-0.2, -0.15) is 0 Å². The molecule has 6 rings (SSSR count). The molecule has 192 valence electrons. The highest BCUT2D eigenvalue weighted by molar-refractivity contribution is 5.21. The second kappa shape index (κ2) is 15.7. The van der Waals surface area contributed by atoms with Gasteiger partial charge in [0, 0.05) is 0 Å². The Morgan fingerprint density at radius 2 is 0.500 bits per heavy atom. The summed E-state index contributed by atoms with van der Waals surface area (Å²) in [5.41, 5.74) is 4.66. The topological polar surface area (TPSA) is 0 Å². The van der Waals surface area contributed by atoms with Crippen LogP contribution in [0.3, 0.4) is 0 Å². The fourth-order valence-corrected chi connectivity index (χ4v) is 6.48. The maximum Gasteiger partial charge on any atom is -0.0162 e. The number of benzene rings is 3. The third kappa shape index (κ3) is 8.95. The summed E-state index contributed by atoms with van der Waals surface area (Å²) in [6.07, 6.45) is 21.4. The standard InChI is InChI=1S/3C12H16/c3*1-3-7-11(8-4-1)12-9-5-2-6-10-12/h3*1,3-4,7-8,12H,2,5-6,9-10H2. The first-order valence-corrected chi connectivity index (χ1v) is 15.0. The molecule has 3 aliphatic carbocycles. The van der Waals surface area contributed by atoms with E-state index in [4.69, 9.17) is 0 Å². The summed E-state index contributed by atoms with van der Waals surface area (Å²) in [5, 5.41) is 0. The highest BCUT2D eigenvalue weighted by Crippen LogP contribution is 2.33. The minimum atomic E-state index is 0.861. The van der Waals surface area contributed by atoms with Crippen LogP contribution in [0.1, 0.15) is 131 Å². The van der Waals surface area contributed by atoms with Gasteiger partial charge in [0.25, 0.3) is 0 Å². The van der Waals surface area contributed by atoms with Crippen molar-refractivity contribution in [1.29, 1.82) is 0 Å². The molecule has 0 N–H and O–H groups in total. The van der Waals surface area contributed by atoms with Gasteiger partial charge >= 0.3 is 0 Å². The van der Waals surface area contributed by atoms with Crippen LogP contribution in [0.5, 0.6) is 0 Å². The summed E-state index contributed by atoms with van der Waals surface area (Å²) in [7, 11) is 0. The van der Waals surface area contributed by atoms with Crippen LogP contribution >= 0.6 is 0 Å². The Labute approximate surface area is 221 Å². The lowest BCUT2D eigenvalue weighted by molar-refractivity contribution is 0.443. The van der Waals surface area contributed by atoms with Gasteiger partial charge < -0.3 is 0 Å². The fraction of sp³-hybridized carbons (Fsp3) is 0.500. The molecule has 0 aromatic heterocycles. The van der Waals surface area contributed by atoms with Crippen LogP contribution in [0.15, 0.2) is 91.0 Å². The molecular weight excluding hydrogens is 432 g/mol. The maximum atomic E-state index is 2.27. The normalized spacial score (nSPS) is 19.3. The lowest BCUT2D eigenvalue weighted by atomic mass is 9.84. The third-order valence-corrected chi connectivity index (χ3v) is 8.63. The molecule has 3 fully saturated rings. The van der Waals surface area contributed by atoms with Crippen molar-refractivity contribution in [2.24, 2.45) is 0 Å². The van der Waals surface area contributed by atoms with Gasteiger partial charge in [0.2, 0.25) is 0 Å². The molecule has 0 amide bonds. The van der Waals surface area contributed by atoms with Gasteiger partial charge in [-0.3, -0.25) is 0 Å². The fourth-order valence-electron chi connectivity index (χ4n) is 6.48. The zero-order valence-corrected chi connectivity index (χ0v) is 22.5. The van der Waals surface area contributed by atoms with E-state index in [0.717, 1.165) is 17.8 Å². The third-order valence-electron chi connectivity index (χ3n) is 8.63. The Bertz CT molecular complexity index is 784. The lowest BCUT2D eigenvalue weighted by Crippen LogP contribution is -2.03. The van der Waals surface area contributed by atoms with Gasteiger partial charge in [0.1, 0.15) is 0 Å². The molecule has 0 heteroatoms. The van der Waals surface area contributed by atoms with E-state index in [-0.39, 0.29) is 0 Å². The van der Waals surface area contributed by atoms with Crippen molar-refractivity contribution in [3.8, 4) is 0 Å². The predicted molar refractivity (Wildman–Crippen MR) is 157 cm³/mol. The van der Waals surface area contributed by atoms with E-state index >= 15 is 0 Å². The molecule has 3 saturated carbocycles. The first-order chi connectivity index (χ1) is 17.9. The predicted octanol–water partition coefficient (Wildman–Crippen LogP) is 11.2. The Hall–Kier alpha value is -2.34. The monoisotopic (exact) mass is 480 g/mol. The van der Waals surface area contributed by atoms with Crippen LogP contribution in [0.2, 0.25) is 0 Å². The average molecular weight is 481 g/mol. The molecule has 3 aromatic rings. The molecule has 0 nitrogen and oxygen atoms in total. The van der Waals surface area contributed by atoms with E-state index in [1.807, 2.05) is 0 Å². The molecule has 3 aromatic carbocycles. The number of hydrogen-bond acceptors (Lipinski definition) is 0. The maximum absolute atomic E-state index is 2.27. The average Bonchev–Trinajstić information content (AvgIpc) is 3.01. The van der Waals surface area contributed by atoms with Crippen molar-refractivity contribution in [1.82, 2.24) is 0 Å². The Morgan fingerprint density at radius 3 is 0.722 bits per heavy atom. The van der Waals surface area contributed by atoms with Crippen LogP contribution < -0.4 is 0 Å². The van der Waals surface area contributed by atoms with Crippen LogP contribution in [0.4, 0.5) is 0 Å². The van der Waals surface area contributed by atoms with Gasteiger partial charge in [-0.1, -0.05) is 149 Å². The number of rotatable bonds is 3. The summed E-state index contributed by atoms with van der Waals surface area (Å²) in [5.74, 6) is 2.58. The highest BCUT2D eigenvalue weighted by atomic mass is 14.2. The number of hydrogen-bond donors (Lipinski definition) is 0. The van der Waals surface area contributed by atoms with Crippen molar-refractivity contribution in [2.75, 3.05) is 0 Å². The van der Waals surface area contributed by atoms with E-state index in [2.05, 4.69) is 91.0 Å². The Balaban J connectivity index is 0.000000127. The highest BCUT2D eigenvalue weighted by Gasteiger charge is 2.16. The molecule has 0 radical (unpaired) electrons. The molecule has 0 unspecified atom stereocenters. The van der Waals surface area contributed by atoms with Crippen molar-refractivity contribution >= 4 is 0 Å². The van der Waals surface area contributed by atoms with Crippen LogP contribution in [0, 0.1) is 0 Å². The van der Waals surface area contributed by atoms with Gasteiger partial charge in [0.15, 0.2) is 0 Å². The molecule has 0 spiro atoms. The molecule has 3 aliphatic rings. The van der Waals surface area contributed by atoms with Crippen LogP contribution in [0.25, 0.3) is 0 Å². The largest absolute Gasteiger partial charge is 0.0622 e.